The van der Waals surface area contributed by atoms with E-state index >= 15 is 0 Å². The summed E-state index contributed by atoms with van der Waals surface area (Å²) in [5.74, 6) is 1.30. The normalized spacial score (nSPS) is 15.3. The Labute approximate surface area is 137 Å². The fourth-order valence-corrected chi connectivity index (χ4v) is 3.47. The number of aryl methyl sites for hydroxylation is 1. The van der Waals surface area contributed by atoms with Gasteiger partial charge in [0.25, 0.3) is 0 Å². The van der Waals surface area contributed by atoms with Crippen molar-refractivity contribution in [2.45, 2.75) is 40.0 Å². The van der Waals surface area contributed by atoms with Crippen molar-refractivity contribution in [2.75, 3.05) is 7.11 Å². The fraction of sp³-hybridized carbons (Fsp3) is 0.350. The molecule has 3 nitrogen and oxygen atoms in total. The van der Waals surface area contributed by atoms with Gasteiger partial charge in [0.1, 0.15) is 11.5 Å². The average Bonchev–Trinajstić information content (AvgIpc) is 2.74. The molecule has 0 atom stereocenters. The number of rotatable bonds is 2. The Bertz CT molecular complexity index is 799. The van der Waals surface area contributed by atoms with Crippen LogP contribution < -0.4 is 9.47 Å². The molecule has 0 aromatic heterocycles. The Morgan fingerprint density at radius 1 is 1.00 bits per heavy atom. The van der Waals surface area contributed by atoms with Crippen LogP contribution in [0.25, 0.3) is 11.1 Å². The summed E-state index contributed by atoms with van der Waals surface area (Å²) >= 11 is 0. The lowest BCUT2D eigenvalue weighted by molar-refractivity contribution is -0.137. The maximum absolute atomic E-state index is 12.3. The number of esters is 1. The van der Waals surface area contributed by atoms with Crippen LogP contribution in [0.3, 0.4) is 0 Å². The lowest BCUT2D eigenvalue weighted by atomic mass is 9.80. The van der Waals surface area contributed by atoms with Gasteiger partial charge in [0, 0.05) is 16.7 Å². The monoisotopic (exact) mass is 310 g/mol. The van der Waals surface area contributed by atoms with Gasteiger partial charge in [-0.05, 0) is 45.7 Å². The summed E-state index contributed by atoms with van der Waals surface area (Å²) in [6, 6.07) is 8.31. The number of carbonyl (C=O) groups excluding carboxylic acids is 1. The Morgan fingerprint density at radius 3 is 2.17 bits per heavy atom. The van der Waals surface area contributed by atoms with Crippen LogP contribution in [0.2, 0.25) is 0 Å². The topological polar surface area (TPSA) is 35.5 Å². The first-order valence-corrected chi connectivity index (χ1v) is 7.80. The standard InChI is InChI=1S/C20H22O3/c1-11-7-9-14(10-8-11)15-12(2)18-16(13(3)17(15)22-6)20(4,5)19(21)23-18/h7-10H,1-6H3. The molecule has 1 aliphatic heterocycles. The number of benzene rings is 2. The third-order valence-electron chi connectivity index (χ3n) is 4.76. The van der Waals surface area contributed by atoms with Gasteiger partial charge in [0.05, 0.1) is 12.5 Å². The molecule has 120 valence electrons. The average molecular weight is 310 g/mol. The van der Waals surface area contributed by atoms with Gasteiger partial charge in [-0.3, -0.25) is 4.79 Å². The molecule has 0 saturated heterocycles. The van der Waals surface area contributed by atoms with Crippen molar-refractivity contribution in [1.82, 2.24) is 0 Å². The number of methoxy groups -OCH3 is 1. The Hall–Kier alpha value is -2.29. The minimum absolute atomic E-state index is 0.207. The number of fused-ring (bicyclic) bond motifs is 1. The fourth-order valence-electron chi connectivity index (χ4n) is 3.47. The van der Waals surface area contributed by atoms with Crippen molar-refractivity contribution in [3.8, 4) is 22.6 Å². The summed E-state index contributed by atoms with van der Waals surface area (Å²) in [7, 11) is 1.68. The third-order valence-corrected chi connectivity index (χ3v) is 4.76. The van der Waals surface area contributed by atoms with E-state index in [4.69, 9.17) is 9.47 Å². The minimum atomic E-state index is -0.650. The predicted octanol–water partition coefficient (Wildman–Crippen LogP) is 4.48. The van der Waals surface area contributed by atoms with Gasteiger partial charge < -0.3 is 9.47 Å². The minimum Gasteiger partial charge on any atom is -0.496 e. The molecule has 0 bridgehead atoms. The van der Waals surface area contributed by atoms with E-state index in [1.54, 1.807) is 7.11 Å². The molecule has 3 rings (SSSR count). The third kappa shape index (κ3) is 2.14. The highest BCUT2D eigenvalue weighted by Crippen LogP contribution is 2.51. The zero-order chi connectivity index (χ0) is 16.9. The molecule has 0 aliphatic carbocycles. The summed E-state index contributed by atoms with van der Waals surface area (Å²) < 4.78 is 11.4. The van der Waals surface area contributed by atoms with E-state index in [2.05, 4.69) is 31.2 Å². The molecule has 3 heteroatoms. The molecule has 23 heavy (non-hydrogen) atoms. The first-order chi connectivity index (χ1) is 10.8. The smallest absolute Gasteiger partial charge is 0.321 e. The number of carbonyl (C=O) groups is 1. The highest BCUT2D eigenvalue weighted by Gasteiger charge is 2.45. The highest BCUT2D eigenvalue weighted by atomic mass is 16.5. The zero-order valence-electron chi connectivity index (χ0n) is 14.5. The summed E-state index contributed by atoms with van der Waals surface area (Å²) in [5.41, 5.74) is 5.47. The molecule has 0 spiro atoms. The molecule has 0 N–H and O–H groups in total. The van der Waals surface area contributed by atoms with Crippen LogP contribution in [0.4, 0.5) is 0 Å². The molecule has 2 aromatic rings. The van der Waals surface area contributed by atoms with Crippen LogP contribution in [-0.2, 0) is 10.2 Å². The van der Waals surface area contributed by atoms with Crippen molar-refractivity contribution in [3.63, 3.8) is 0 Å². The van der Waals surface area contributed by atoms with E-state index in [9.17, 15) is 4.79 Å². The SMILES string of the molecule is COc1c(C)c2c(c(C)c1-c1ccc(C)cc1)OC(=O)C2(C)C. The highest BCUT2D eigenvalue weighted by molar-refractivity contribution is 5.94. The molecule has 0 amide bonds. The van der Waals surface area contributed by atoms with Crippen molar-refractivity contribution < 1.29 is 14.3 Å². The van der Waals surface area contributed by atoms with Crippen LogP contribution >= 0.6 is 0 Å². The summed E-state index contributed by atoms with van der Waals surface area (Å²) in [5, 5.41) is 0. The van der Waals surface area contributed by atoms with Crippen molar-refractivity contribution >= 4 is 5.97 Å². The van der Waals surface area contributed by atoms with E-state index in [-0.39, 0.29) is 5.97 Å². The van der Waals surface area contributed by atoms with E-state index in [1.807, 2.05) is 27.7 Å². The molecule has 2 aromatic carbocycles. The van der Waals surface area contributed by atoms with Crippen molar-refractivity contribution in [2.24, 2.45) is 0 Å². The summed E-state index contributed by atoms with van der Waals surface area (Å²) in [6.07, 6.45) is 0. The Kier molecular flexibility index (Phi) is 3.47. The van der Waals surface area contributed by atoms with Crippen molar-refractivity contribution in [1.29, 1.82) is 0 Å². The predicted molar refractivity (Wildman–Crippen MR) is 91.3 cm³/mol. The van der Waals surface area contributed by atoms with Crippen LogP contribution in [0.5, 0.6) is 11.5 Å². The van der Waals surface area contributed by atoms with Crippen LogP contribution in [0.15, 0.2) is 24.3 Å². The summed E-state index contributed by atoms with van der Waals surface area (Å²) in [4.78, 5) is 12.3. The zero-order valence-corrected chi connectivity index (χ0v) is 14.5. The maximum Gasteiger partial charge on any atom is 0.321 e. The van der Waals surface area contributed by atoms with Crippen molar-refractivity contribution in [3.05, 3.63) is 46.5 Å². The second kappa shape index (κ2) is 5.12. The lowest BCUT2D eigenvalue weighted by Crippen LogP contribution is -2.26. The van der Waals surface area contributed by atoms with Gasteiger partial charge in [-0.2, -0.15) is 0 Å². The molecule has 0 saturated carbocycles. The number of hydrogen-bond donors (Lipinski definition) is 0. The van der Waals surface area contributed by atoms with E-state index in [0.717, 1.165) is 33.6 Å². The van der Waals surface area contributed by atoms with Gasteiger partial charge in [0.2, 0.25) is 0 Å². The molecule has 0 radical (unpaired) electrons. The second-order valence-corrected chi connectivity index (χ2v) is 6.74. The first kappa shape index (κ1) is 15.6. The number of hydrogen-bond acceptors (Lipinski definition) is 3. The lowest BCUT2D eigenvalue weighted by Gasteiger charge is -2.22. The Balaban J connectivity index is 2.36. The second-order valence-electron chi connectivity index (χ2n) is 6.74. The number of ether oxygens (including phenoxy) is 2. The van der Waals surface area contributed by atoms with E-state index < -0.39 is 5.41 Å². The molecule has 0 unspecified atom stereocenters. The Morgan fingerprint density at radius 2 is 1.61 bits per heavy atom. The maximum atomic E-state index is 12.3. The van der Waals surface area contributed by atoms with Gasteiger partial charge in [-0.25, -0.2) is 0 Å². The van der Waals surface area contributed by atoms with E-state index in [0.29, 0.717) is 5.75 Å². The quantitative estimate of drug-likeness (QED) is 0.606. The molecular weight excluding hydrogens is 288 g/mol. The van der Waals surface area contributed by atoms with Gasteiger partial charge in [0.15, 0.2) is 0 Å². The van der Waals surface area contributed by atoms with Gasteiger partial charge >= 0.3 is 5.97 Å². The van der Waals surface area contributed by atoms with E-state index in [1.165, 1.54) is 5.56 Å². The van der Waals surface area contributed by atoms with Crippen LogP contribution in [0.1, 0.15) is 36.1 Å². The molecule has 0 fully saturated rings. The van der Waals surface area contributed by atoms with Gasteiger partial charge in [-0.1, -0.05) is 29.8 Å². The molecular formula is C20H22O3. The van der Waals surface area contributed by atoms with Crippen LogP contribution in [-0.4, -0.2) is 13.1 Å². The molecule has 1 aliphatic rings. The first-order valence-electron chi connectivity index (χ1n) is 7.80. The van der Waals surface area contributed by atoms with Gasteiger partial charge in [-0.15, -0.1) is 0 Å². The summed E-state index contributed by atoms with van der Waals surface area (Å²) in [6.45, 7) is 9.85. The largest absolute Gasteiger partial charge is 0.496 e. The van der Waals surface area contributed by atoms with Crippen LogP contribution in [0, 0.1) is 20.8 Å². The molecule has 1 heterocycles.